The molecule has 3 aromatic rings. The summed E-state index contributed by atoms with van der Waals surface area (Å²) in [5.41, 5.74) is 1.14. The van der Waals surface area contributed by atoms with Crippen LogP contribution in [0.4, 0.5) is 10.2 Å². The molecule has 0 saturated carbocycles. The van der Waals surface area contributed by atoms with Crippen molar-refractivity contribution in [1.29, 1.82) is 0 Å². The molecule has 1 aromatic carbocycles. The highest BCUT2D eigenvalue weighted by molar-refractivity contribution is 6.30. The predicted molar refractivity (Wildman–Crippen MR) is 96.5 cm³/mol. The highest BCUT2D eigenvalue weighted by Crippen LogP contribution is 2.23. The quantitative estimate of drug-likeness (QED) is 0.671. The lowest BCUT2D eigenvalue weighted by molar-refractivity contribution is 0.191. The van der Waals surface area contributed by atoms with Crippen LogP contribution < -0.4 is 5.32 Å². The maximum Gasteiger partial charge on any atom is 0.258 e. The minimum atomic E-state index is -0.914. The molecule has 0 radical (unpaired) electrons. The summed E-state index contributed by atoms with van der Waals surface area (Å²) in [5, 5.41) is 17.2. The van der Waals surface area contributed by atoms with Gasteiger partial charge in [0, 0.05) is 24.2 Å². The van der Waals surface area contributed by atoms with E-state index in [9.17, 15) is 9.50 Å². The van der Waals surface area contributed by atoms with Crippen molar-refractivity contribution in [3.63, 3.8) is 0 Å². The molecular weight excluding hydrogens is 359 g/mol. The first-order chi connectivity index (χ1) is 12.4. The van der Waals surface area contributed by atoms with Crippen LogP contribution in [0.3, 0.4) is 0 Å². The van der Waals surface area contributed by atoms with Gasteiger partial charge in [-0.1, -0.05) is 36.7 Å². The zero-order valence-electron chi connectivity index (χ0n) is 14.3. The molecule has 2 N–H and O–H groups in total. The fourth-order valence-electron chi connectivity index (χ4n) is 2.29. The Balaban J connectivity index is 1.69. The van der Waals surface area contributed by atoms with Crippen molar-refractivity contribution < 1.29 is 14.0 Å². The third kappa shape index (κ3) is 4.17. The zero-order chi connectivity index (χ0) is 18.7. The van der Waals surface area contributed by atoms with Crippen molar-refractivity contribution in [1.82, 2.24) is 15.1 Å². The highest BCUT2D eigenvalue weighted by Gasteiger charge is 2.13. The molecule has 1 unspecified atom stereocenters. The minimum Gasteiger partial charge on any atom is -0.387 e. The summed E-state index contributed by atoms with van der Waals surface area (Å²) in [6, 6.07) is 7.70. The van der Waals surface area contributed by atoms with Gasteiger partial charge in [-0.05, 0) is 29.8 Å². The standard InChI is InChI=1S/C18H18ClFN4O2/c1-10(2)17-23-18(26-24-17)12-5-6-21-16(8-12)22-9-15(25)11-3-4-13(19)14(20)7-11/h3-8,10,15,25H,9H2,1-2H3,(H,21,22). The summed E-state index contributed by atoms with van der Waals surface area (Å²) >= 11 is 5.65. The number of rotatable bonds is 6. The Labute approximate surface area is 155 Å². The fourth-order valence-corrected chi connectivity index (χ4v) is 2.40. The molecule has 0 fully saturated rings. The monoisotopic (exact) mass is 376 g/mol. The predicted octanol–water partition coefficient (Wildman–Crippen LogP) is 4.19. The van der Waals surface area contributed by atoms with Gasteiger partial charge in [-0.3, -0.25) is 0 Å². The van der Waals surface area contributed by atoms with E-state index in [2.05, 4.69) is 20.4 Å². The van der Waals surface area contributed by atoms with Gasteiger partial charge in [0.1, 0.15) is 11.6 Å². The van der Waals surface area contributed by atoms with Gasteiger partial charge in [-0.15, -0.1) is 0 Å². The lowest BCUT2D eigenvalue weighted by Crippen LogP contribution is -2.13. The molecule has 3 rings (SSSR count). The number of aliphatic hydroxyl groups excluding tert-OH is 1. The van der Waals surface area contributed by atoms with Gasteiger partial charge in [-0.25, -0.2) is 9.37 Å². The molecule has 0 saturated heterocycles. The molecule has 0 aliphatic rings. The average molecular weight is 377 g/mol. The fraction of sp³-hybridized carbons (Fsp3) is 0.278. The van der Waals surface area contributed by atoms with E-state index in [1.165, 1.54) is 12.1 Å². The van der Waals surface area contributed by atoms with Crippen LogP contribution >= 0.6 is 11.6 Å². The number of pyridine rings is 1. The van der Waals surface area contributed by atoms with Gasteiger partial charge in [0.15, 0.2) is 5.82 Å². The van der Waals surface area contributed by atoms with Crippen molar-refractivity contribution in [2.24, 2.45) is 0 Å². The third-order valence-corrected chi connectivity index (χ3v) is 4.08. The van der Waals surface area contributed by atoms with Crippen LogP contribution in [0.15, 0.2) is 41.1 Å². The number of benzene rings is 1. The smallest absolute Gasteiger partial charge is 0.258 e. The summed E-state index contributed by atoms with van der Waals surface area (Å²) in [7, 11) is 0. The number of nitrogens with zero attached hydrogens (tertiary/aromatic N) is 3. The van der Waals surface area contributed by atoms with Crippen LogP contribution in [-0.4, -0.2) is 26.8 Å². The van der Waals surface area contributed by atoms with Crippen LogP contribution in [-0.2, 0) is 0 Å². The first-order valence-electron chi connectivity index (χ1n) is 8.11. The summed E-state index contributed by atoms with van der Waals surface area (Å²) in [5.74, 6) is 1.16. The molecule has 1 atom stereocenters. The first-order valence-corrected chi connectivity index (χ1v) is 8.48. The maximum absolute atomic E-state index is 13.5. The van der Waals surface area contributed by atoms with E-state index in [1.54, 1.807) is 24.4 Å². The van der Waals surface area contributed by atoms with E-state index >= 15 is 0 Å². The number of aliphatic hydroxyl groups is 1. The number of anilines is 1. The normalized spacial score (nSPS) is 12.4. The first kappa shape index (κ1) is 18.3. The number of halogens is 2. The molecule has 6 nitrogen and oxygen atoms in total. The lowest BCUT2D eigenvalue weighted by atomic mass is 10.1. The molecule has 8 heteroatoms. The van der Waals surface area contributed by atoms with Crippen LogP contribution in [0.2, 0.25) is 5.02 Å². The Morgan fingerprint density at radius 3 is 2.77 bits per heavy atom. The van der Waals surface area contributed by atoms with E-state index in [4.69, 9.17) is 16.1 Å². The van der Waals surface area contributed by atoms with Crippen molar-refractivity contribution in [2.75, 3.05) is 11.9 Å². The summed E-state index contributed by atoms with van der Waals surface area (Å²) in [4.78, 5) is 8.54. The van der Waals surface area contributed by atoms with E-state index in [0.29, 0.717) is 28.7 Å². The number of hydrogen-bond acceptors (Lipinski definition) is 6. The largest absolute Gasteiger partial charge is 0.387 e. The van der Waals surface area contributed by atoms with Gasteiger partial charge < -0.3 is 14.9 Å². The molecule has 2 aromatic heterocycles. The third-order valence-electron chi connectivity index (χ3n) is 3.77. The molecular formula is C18H18ClFN4O2. The Hall–Kier alpha value is -2.51. The number of nitrogens with one attached hydrogen (secondary N) is 1. The average Bonchev–Trinajstić information content (AvgIpc) is 3.13. The lowest BCUT2D eigenvalue weighted by Gasteiger charge is -2.13. The Morgan fingerprint density at radius 1 is 1.27 bits per heavy atom. The van der Waals surface area contributed by atoms with Crippen LogP contribution in [0.25, 0.3) is 11.5 Å². The summed E-state index contributed by atoms with van der Waals surface area (Å²) < 4.78 is 18.8. The van der Waals surface area contributed by atoms with Crippen molar-refractivity contribution >= 4 is 17.4 Å². The Bertz CT molecular complexity index is 900. The molecule has 2 heterocycles. The zero-order valence-corrected chi connectivity index (χ0v) is 15.0. The molecule has 0 spiro atoms. The molecule has 0 aliphatic heterocycles. The van der Waals surface area contributed by atoms with E-state index in [1.807, 2.05) is 13.8 Å². The topological polar surface area (TPSA) is 84.1 Å². The van der Waals surface area contributed by atoms with Crippen LogP contribution in [0.1, 0.15) is 37.3 Å². The van der Waals surface area contributed by atoms with E-state index < -0.39 is 11.9 Å². The van der Waals surface area contributed by atoms with Crippen molar-refractivity contribution in [3.8, 4) is 11.5 Å². The van der Waals surface area contributed by atoms with Gasteiger partial charge in [0.2, 0.25) is 0 Å². The highest BCUT2D eigenvalue weighted by atomic mass is 35.5. The van der Waals surface area contributed by atoms with Crippen molar-refractivity contribution in [2.45, 2.75) is 25.9 Å². The Kier molecular flexibility index (Phi) is 5.49. The summed E-state index contributed by atoms with van der Waals surface area (Å²) in [6.45, 7) is 4.11. The second kappa shape index (κ2) is 7.80. The van der Waals surface area contributed by atoms with E-state index in [0.717, 1.165) is 0 Å². The molecule has 0 bridgehead atoms. The minimum absolute atomic E-state index is 0.0172. The molecule has 0 aliphatic carbocycles. The molecule has 0 amide bonds. The van der Waals surface area contributed by atoms with Gasteiger partial charge in [0.05, 0.1) is 11.1 Å². The second-order valence-corrected chi connectivity index (χ2v) is 6.52. The van der Waals surface area contributed by atoms with Gasteiger partial charge >= 0.3 is 0 Å². The van der Waals surface area contributed by atoms with E-state index in [-0.39, 0.29) is 17.5 Å². The van der Waals surface area contributed by atoms with Crippen molar-refractivity contribution in [3.05, 3.63) is 58.8 Å². The van der Waals surface area contributed by atoms with Gasteiger partial charge in [-0.2, -0.15) is 4.98 Å². The second-order valence-electron chi connectivity index (χ2n) is 6.11. The summed E-state index contributed by atoms with van der Waals surface area (Å²) in [6.07, 6.45) is 0.689. The number of aromatic nitrogens is 3. The van der Waals surface area contributed by atoms with Crippen LogP contribution in [0.5, 0.6) is 0 Å². The SMILES string of the molecule is CC(C)c1noc(-c2ccnc(NCC(O)c3ccc(Cl)c(F)c3)c2)n1. The maximum atomic E-state index is 13.5. The Morgan fingerprint density at radius 2 is 2.08 bits per heavy atom. The molecule has 136 valence electrons. The molecule has 26 heavy (non-hydrogen) atoms. The number of hydrogen-bond donors (Lipinski definition) is 2. The van der Waals surface area contributed by atoms with Gasteiger partial charge in [0.25, 0.3) is 5.89 Å². The van der Waals surface area contributed by atoms with Crippen LogP contribution in [0, 0.1) is 5.82 Å².